The molecule has 0 aliphatic rings. The number of rotatable bonds is 8. The molecule has 0 aliphatic carbocycles. The number of benzene rings is 2. The number of amides is 1. The van der Waals surface area contributed by atoms with Crippen molar-refractivity contribution in [2.24, 2.45) is 0 Å². The molecular weight excluding hydrogens is 535 g/mol. The van der Waals surface area contributed by atoms with Crippen molar-refractivity contribution in [3.05, 3.63) is 80.5 Å². The van der Waals surface area contributed by atoms with Gasteiger partial charge in [-0.3, -0.25) is 18.7 Å². The van der Waals surface area contributed by atoms with E-state index < -0.39 is 0 Å². The number of hydrogen-bond donors (Lipinski definition) is 1. The lowest BCUT2D eigenvalue weighted by Crippen LogP contribution is -2.22. The first-order chi connectivity index (χ1) is 17.5. The summed E-state index contributed by atoms with van der Waals surface area (Å²) in [5, 5.41) is 5.46. The van der Waals surface area contributed by atoms with Crippen molar-refractivity contribution >= 4 is 68.0 Å². The molecule has 182 valence electrons. The number of para-hydroxylation sites is 1. The summed E-state index contributed by atoms with van der Waals surface area (Å²) in [5.74, 6) is 0.560. The summed E-state index contributed by atoms with van der Waals surface area (Å²) in [7, 11) is 0. The normalized spacial score (nSPS) is 11.0. The predicted molar refractivity (Wildman–Crippen MR) is 148 cm³/mol. The standard InChI is InChI=1S/C24H19N5O3S4/c1-2-32-17-10-8-16(9-11-17)28-20-19(36-24(28)33)21(31)29(15-6-4-3-5-7-15)23(27-20)35-14-18(30)26-22-25-12-13-34-22/h3-13H,2,14H2,1H3,(H,25,26,30). The number of thiazole rings is 2. The van der Waals surface area contributed by atoms with Gasteiger partial charge in [-0.1, -0.05) is 41.3 Å². The number of nitrogens with zero attached hydrogens (tertiary/aromatic N) is 4. The Morgan fingerprint density at radius 3 is 2.56 bits per heavy atom. The van der Waals surface area contributed by atoms with Crippen molar-refractivity contribution in [3.63, 3.8) is 0 Å². The van der Waals surface area contributed by atoms with Crippen LogP contribution in [0.4, 0.5) is 5.13 Å². The number of carbonyl (C=O) groups excluding carboxylic acids is 1. The first-order valence-corrected chi connectivity index (χ1v) is 13.9. The van der Waals surface area contributed by atoms with E-state index in [1.54, 1.807) is 16.1 Å². The zero-order valence-corrected chi connectivity index (χ0v) is 22.2. The lowest BCUT2D eigenvalue weighted by Gasteiger charge is -2.13. The number of nitrogens with one attached hydrogen (secondary N) is 1. The van der Waals surface area contributed by atoms with Crippen LogP contribution in [0.1, 0.15) is 6.92 Å². The molecule has 8 nitrogen and oxygen atoms in total. The van der Waals surface area contributed by atoms with E-state index in [4.69, 9.17) is 21.9 Å². The molecule has 36 heavy (non-hydrogen) atoms. The maximum atomic E-state index is 13.7. The summed E-state index contributed by atoms with van der Waals surface area (Å²) >= 11 is 9.37. The molecule has 0 saturated heterocycles. The zero-order chi connectivity index (χ0) is 25.1. The summed E-state index contributed by atoms with van der Waals surface area (Å²) in [6, 6.07) is 16.7. The van der Waals surface area contributed by atoms with Gasteiger partial charge in [0.25, 0.3) is 5.56 Å². The number of hydrogen-bond acceptors (Lipinski definition) is 9. The fourth-order valence-electron chi connectivity index (χ4n) is 3.49. The van der Waals surface area contributed by atoms with Gasteiger partial charge in [0.2, 0.25) is 5.91 Å². The third-order valence-electron chi connectivity index (χ3n) is 5.01. The minimum atomic E-state index is -0.241. The number of aromatic nitrogens is 4. The minimum Gasteiger partial charge on any atom is -0.494 e. The highest BCUT2D eigenvalue weighted by atomic mass is 32.2. The van der Waals surface area contributed by atoms with Crippen LogP contribution in [0, 0.1) is 3.95 Å². The minimum absolute atomic E-state index is 0.0539. The number of carbonyl (C=O) groups is 1. The Morgan fingerprint density at radius 1 is 1.11 bits per heavy atom. The number of thioether (sulfide) groups is 1. The fourth-order valence-corrected chi connectivity index (χ4v) is 6.15. The molecule has 5 rings (SSSR count). The molecule has 0 radical (unpaired) electrons. The third kappa shape index (κ3) is 4.98. The Kier molecular flexibility index (Phi) is 7.28. The van der Waals surface area contributed by atoms with Crippen molar-refractivity contribution in [3.8, 4) is 17.1 Å². The summed E-state index contributed by atoms with van der Waals surface area (Å²) in [4.78, 5) is 35.2. The lowest BCUT2D eigenvalue weighted by atomic mass is 10.3. The molecular formula is C24H19N5O3S4. The fraction of sp³-hybridized carbons (Fsp3) is 0.125. The van der Waals surface area contributed by atoms with Crippen molar-refractivity contribution in [1.82, 2.24) is 19.1 Å². The zero-order valence-electron chi connectivity index (χ0n) is 18.9. The number of anilines is 1. The van der Waals surface area contributed by atoms with Crippen molar-refractivity contribution in [2.75, 3.05) is 17.7 Å². The molecule has 0 fully saturated rings. The average Bonchev–Trinajstić information content (AvgIpc) is 3.51. The molecule has 5 aromatic rings. The molecule has 0 spiro atoms. The van der Waals surface area contributed by atoms with E-state index in [1.165, 1.54) is 39.0 Å². The molecule has 3 heterocycles. The van der Waals surface area contributed by atoms with Crippen LogP contribution in [0.2, 0.25) is 0 Å². The summed E-state index contributed by atoms with van der Waals surface area (Å²) in [6.07, 6.45) is 1.62. The quantitative estimate of drug-likeness (QED) is 0.153. The molecule has 12 heteroatoms. The van der Waals surface area contributed by atoms with Gasteiger partial charge in [-0.2, -0.15) is 0 Å². The van der Waals surface area contributed by atoms with Crippen molar-refractivity contribution in [2.45, 2.75) is 12.1 Å². The average molecular weight is 554 g/mol. The van der Waals surface area contributed by atoms with Crippen LogP contribution in [0.3, 0.4) is 0 Å². The Bertz CT molecular complexity index is 1630. The molecule has 1 amide bonds. The first-order valence-electron chi connectivity index (χ1n) is 10.8. The van der Waals surface area contributed by atoms with Gasteiger partial charge in [-0.25, -0.2) is 9.97 Å². The monoisotopic (exact) mass is 553 g/mol. The smallest absolute Gasteiger partial charge is 0.278 e. The number of fused-ring (bicyclic) bond motifs is 1. The Labute approximate surface area is 223 Å². The van der Waals surface area contributed by atoms with Crippen molar-refractivity contribution < 1.29 is 9.53 Å². The van der Waals surface area contributed by atoms with Gasteiger partial charge in [0.1, 0.15) is 10.4 Å². The van der Waals surface area contributed by atoms with Crippen LogP contribution in [-0.4, -0.2) is 37.4 Å². The van der Waals surface area contributed by atoms with Gasteiger partial charge >= 0.3 is 0 Å². The largest absolute Gasteiger partial charge is 0.494 e. The van der Waals surface area contributed by atoms with Crippen LogP contribution in [0.5, 0.6) is 5.75 Å². The summed E-state index contributed by atoms with van der Waals surface area (Å²) in [5.41, 5.74) is 1.65. The molecule has 0 unspecified atom stereocenters. The Balaban J connectivity index is 1.60. The molecule has 0 bridgehead atoms. The van der Waals surface area contributed by atoms with Gasteiger partial charge in [-0.05, 0) is 55.5 Å². The predicted octanol–water partition coefficient (Wildman–Crippen LogP) is 5.55. The van der Waals surface area contributed by atoms with E-state index in [1.807, 2.05) is 61.5 Å². The van der Waals surface area contributed by atoms with E-state index in [0.717, 1.165) is 11.4 Å². The van der Waals surface area contributed by atoms with Crippen molar-refractivity contribution in [1.29, 1.82) is 0 Å². The van der Waals surface area contributed by atoms with E-state index in [9.17, 15) is 9.59 Å². The summed E-state index contributed by atoms with van der Waals surface area (Å²) < 4.78 is 9.79. The van der Waals surface area contributed by atoms with E-state index in [-0.39, 0.29) is 17.2 Å². The first kappa shape index (κ1) is 24.4. The van der Waals surface area contributed by atoms with Crippen LogP contribution in [-0.2, 0) is 4.79 Å². The van der Waals surface area contributed by atoms with Crippen LogP contribution in [0.15, 0.2) is 76.1 Å². The second-order valence-corrected chi connectivity index (χ2v) is 10.8. The van der Waals surface area contributed by atoms with E-state index in [0.29, 0.717) is 36.9 Å². The highest BCUT2D eigenvalue weighted by molar-refractivity contribution is 7.99. The highest BCUT2D eigenvalue weighted by Crippen LogP contribution is 2.28. The van der Waals surface area contributed by atoms with Gasteiger partial charge in [0.15, 0.2) is 19.9 Å². The molecule has 0 saturated carbocycles. The SMILES string of the molecule is CCOc1ccc(-n2c(=S)sc3c(=O)n(-c4ccccc4)c(SCC(=O)Nc4nccs4)nc32)cc1. The Morgan fingerprint density at radius 2 is 1.86 bits per heavy atom. The van der Waals surface area contributed by atoms with Crippen LogP contribution in [0.25, 0.3) is 21.7 Å². The summed E-state index contributed by atoms with van der Waals surface area (Å²) in [6.45, 7) is 2.49. The number of ether oxygens (including phenoxy) is 1. The van der Waals surface area contributed by atoms with E-state index >= 15 is 0 Å². The second kappa shape index (κ2) is 10.7. The second-order valence-electron chi connectivity index (χ2n) is 7.33. The van der Waals surface area contributed by atoms with Gasteiger partial charge in [0.05, 0.1) is 18.0 Å². The molecule has 0 atom stereocenters. The molecule has 2 aromatic carbocycles. The topological polar surface area (TPSA) is 91.0 Å². The van der Waals surface area contributed by atoms with Gasteiger partial charge in [-0.15, -0.1) is 11.3 Å². The van der Waals surface area contributed by atoms with Gasteiger partial charge < -0.3 is 10.1 Å². The van der Waals surface area contributed by atoms with Crippen LogP contribution < -0.4 is 15.6 Å². The maximum absolute atomic E-state index is 13.7. The molecule has 0 aliphatic heterocycles. The van der Waals surface area contributed by atoms with Gasteiger partial charge in [0, 0.05) is 17.3 Å². The maximum Gasteiger partial charge on any atom is 0.278 e. The Hall–Kier alpha value is -3.32. The molecule has 1 N–H and O–H groups in total. The highest BCUT2D eigenvalue weighted by Gasteiger charge is 2.20. The third-order valence-corrected chi connectivity index (χ3v) is 7.99. The molecule has 3 aromatic heterocycles. The van der Waals surface area contributed by atoms with E-state index in [2.05, 4.69) is 10.3 Å². The van der Waals surface area contributed by atoms with Crippen LogP contribution >= 0.6 is 46.7 Å². The lowest BCUT2D eigenvalue weighted by molar-refractivity contribution is -0.113.